The molecule has 1 unspecified atom stereocenters. The van der Waals surface area contributed by atoms with Crippen LogP contribution in [0.15, 0.2) is 108 Å². The highest BCUT2D eigenvalue weighted by Gasteiger charge is 2.33. The molecule has 2 amide bonds. The van der Waals surface area contributed by atoms with E-state index in [9.17, 15) is 9.59 Å². The first-order valence-electron chi connectivity index (χ1n) is 15.5. The molecular weight excluding hydrogens is 618 g/mol. The van der Waals surface area contributed by atoms with Crippen molar-refractivity contribution in [3.63, 3.8) is 0 Å². The Balaban J connectivity index is 1.27. The molecule has 4 aromatic rings. The lowest BCUT2D eigenvalue weighted by molar-refractivity contribution is -0.118. The van der Waals surface area contributed by atoms with Crippen LogP contribution < -0.4 is 16.0 Å². The summed E-state index contributed by atoms with van der Waals surface area (Å²) in [6, 6.07) is 32.3. The fourth-order valence-corrected chi connectivity index (χ4v) is 7.01. The molecule has 4 aromatic carbocycles. The molecule has 0 aromatic heterocycles. The maximum absolute atomic E-state index is 14.1. The van der Waals surface area contributed by atoms with Gasteiger partial charge in [-0.15, -0.1) is 11.8 Å². The number of rotatable bonds is 12. The molecule has 9 heteroatoms. The molecule has 0 aliphatic carbocycles. The van der Waals surface area contributed by atoms with Gasteiger partial charge >= 0.3 is 6.09 Å². The number of morpholine rings is 1. The van der Waals surface area contributed by atoms with Gasteiger partial charge in [0.15, 0.2) is 0 Å². The van der Waals surface area contributed by atoms with E-state index in [-0.39, 0.29) is 18.1 Å². The third-order valence-electron chi connectivity index (χ3n) is 8.09. The van der Waals surface area contributed by atoms with Crippen LogP contribution in [0.2, 0.25) is 5.02 Å². The molecule has 1 aliphatic rings. The summed E-state index contributed by atoms with van der Waals surface area (Å²) in [4.78, 5) is 27.8. The minimum absolute atomic E-state index is 0.0451. The molecule has 0 bridgehead atoms. The molecule has 46 heavy (non-hydrogen) atoms. The SMILES string of the molecule is COC(=O)N[C@H](C(=O)Nc1ccccc1CC[C@@H]1CNCC(CSc2ccc(Cl)cc2C)O1)C(c1ccccc1)c1ccccc1. The average molecular weight is 658 g/mol. The minimum Gasteiger partial charge on any atom is -0.453 e. The number of carbonyl (C=O) groups is 2. The highest BCUT2D eigenvalue weighted by Crippen LogP contribution is 2.30. The zero-order chi connectivity index (χ0) is 32.3. The van der Waals surface area contributed by atoms with Crippen molar-refractivity contribution in [1.29, 1.82) is 0 Å². The van der Waals surface area contributed by atoms with Crippen molar-refractivity contribution in [2.24, 2.45) is 0 Å². The molecule has 3 atom stereocenters. The number of thioether (sulfide) groups is 1. The van der Waals surface area contributed by atoms with Gasteiger partial charge in [-0.3, -0.25) is 4.79 Å². The van der Waals surface area contributed by atoms with Crippen LogP contribution in [-0.2, 0) is 20.7 Å². The van der Waals surface area contributed by atoms with Gasteiger partial charge in [-0.05, 0) is 66.3 Å². The van der Waals surface area contributed by atoms with Crippen LogP contribution in [0.3, 0.4) is 0 Å². The zero-order valence-corrected chi connectivity index (χ0v) is 27.7. The number of halogens is 1. The van der Waals surface area contributed by atoms with E-state index in [2.05, 4.69) is 28.9 Å². The number of anilines is 1. The van der Waals surface area contributed by atoms with Crippen LogP contribution in [0.5, 0.6) is 0 Å². The second kappa shape index (κ2) is 16.7. The van der Waals surface area contributed by atoms with E-state index in [1.807, 2.05) is 97.1 Å². The van der Waals surface area contributed by atoms with Crippen LogP contribution in [0.25, 0.3) is 0 Å². The molecule has 0 saturated carbocycles. The highest BCUT2D eigenvalue weighted by atomic mass is 35.5. The van der Waals surface area contributed by atoms with Gasteiger partial charge in [-0.1, -0.05) is 90.5 Å². The van der Waals surface area contributed by atoms with Crippen LogP contribution >= 0.6 is 23.4 Å². The van der Waals surface area contributed by atoms with Crippen LogP contribution in [0.1, 0.15) is 34.6 Å². The molecule has 5 rings (SSSR count). The third-order valence-corrected chi connectivity index (χ3v) is 9.64. The van der Waals surface area contributed by atoms with Crippen molar-refractivity contribution in [3.8, 4) is 0 Å². The van der Waals surface area contributed by atoms with E-state index in [1.54, 1.807) is 11.8 Å². The summed E-state index contributed by atoms with van der Waals surface area (Å²) >= 11 is 7.91. The molecule has 1 saturated heterocycles. The van der Waals surface area contributed by atoms with Crippen molar-refractivity contribution in [2.45, 2.75) is 48.8 Å². The first-order chi connectivity index (χ1) is 22.4. The number of para-hydroxylation sites is 1. The van der Waals surface area contributed by atoms with Gasteiger partial charge in [-0.25, -0.2) is 4.79 Å². The normalized spacial score (nSPS) is 16.9. The van der Waals surface area contributed by atoms with Crippen LogP contribution in [0.4, 0.5) is 10.5 Å². The Hall–Kier alpha value is -3.82. The van der Waals surface area contributed by atoms with E-state index < -0.39 is 18.1 Å². The van der Waals surface area contributed by atoms with Crippen LogP contribution in [0, 0.1) is 6.92 Å². The smallest absolute Gasteiger partial charge is 0.407 e. The molecule has 1 heterocycles. The lowest BCUT2D eigenvalue weighted by Gasteiger charge is -2.31. The van der Waals surface area contributed by atoms with Gasteiger partial charge in [0.25, 0.3) is 0 Å². The van der Waals surface area contributed by atoms with Crippen LogP contribution in [-0.4, -0.2) is 56.2 Å². The van der Waals surface area contributed by atoms with Gasteiger partial charge in [0.05, 0.1) is 19.3 Å². The summed E-state index contributed by atoms with van der Waals surface area (Å²) in [5, 5.41) is 10.2. The van der Waals surface area contributed by atoms with Gasteiger partial charge < -0.3 is 25.4 Å². The van der Waals surface area contributed by atoms with Gasteiger partial charge in [0.2, 0.25) is 5.91 Å². The number of ether oxygens (including phenoxy) is 2. The number of aryl methyl sites for hydroxylation is 2. The van der Waals surface area contributed by atoms with E-state index in [4.69, 9.17) is 21.1 Å². The Morgan fingerprint density at radius 2 is 1.59 bits per heavy atom. The second-order valence-corrected chi connectivity index (χ2v) is 12.9. The minimum atomic E-state index is -0.932. The number of hydrogen-bond donors (Lipinski definition) is 3. The fourth-order valence-electron chi connectivity index (χ4n) is 5.77. The summed E-state index contributed by atoms with van der Waals surface area (Å²) in [5.41, 5.74) is 4.68. The molecule has 240 valence electrons. The largest absolute Gasteiger partial charge is 0.453 e. The van der Waals surface area contributed by atoms with E-state index in [1.165, 1.54) is 17.6 Å². The van der Waals surface area contributed by atoms with Crippen molar-refractivity contribution >= 4 is 41.1 Å². The molecule has 0 spiro atoms. The second-order valence-electron chi connectivity index (χ2n) is 11.4. The number of amides is 2. The van der Waals surface area contributed by atoms with E-state index in [0.29, 0.717) is 5.69 Å². The predicted molar refractivity (Wildman–Crippen MR) is 186 cm³/mol. The monoisotopic (exact) mass is 657 g/mol. The van der Waals surface area contributed by atoms with Crippen molar-refractivity contribution < 1.29 is 19.1 Å². The number of carbonyl (C=O) groups excluding carboxylic acids is 2. The fraction of sp³-hybridized carbons (Fsp3) is 0.297. The Kier molecular flexibility index (Phi) is 12.1. The molecule has 1 aliphatic heterocycles. The summed E-state index contributed by atoms with van der Waals surface area (Å²) < 4.78 is 11.4. The summed E-state index contributed by atoms with van der Waals surface area (Å²) in [6.45, 7) is 3.66. The highest BCUT2D eigenvalue weighted by molar-refractivity contribution is 7.99. The lowest BCUT2D eigenvalue weighted by atomic mass is 9.84. The third kappa shape index (κ3) is 9.13. The molecule has 3 N–H and O–H groups in total. The maximum atomic E-state index is 14.1. The lowest BCUT2D eigenvalue weighted by Crippen LogP contribution is -2.48. The summed E-state index contributed by atoms with van der Waals surface area (Å²) in [5.74, 6) is 0.0690. The quantitative estimate of drug-likeness (QED) is 0.139. The summed E-state index contributed by atoms with van der Waals surface area (Å²) in [6.07, 6.45) is 0.970. The van der Waals surface area contributed by atoms with Crippen molar-refractivity contribution in [2.75, 3.05) is 31.3 Å². The van der Waals surface area contributed by atoms with E-state index in [0.717, 1.165) is 53.4 Å². The molecule has 1 fully saturated rings. The number of hydrogen-bond acceptors (Lipinski definition) is 6. The van der Waals surface area contributed by atoms with Gasteiger partial charge in [0.1, 0.15) is 6.04 Å². The Morgan fingerprint density at radius 1 is 0.935 bits per heavy atom. The number of alkyl carbamates (subject to hydrolysis) is 1. The average Bonchev–Trinajstić information content (AvgIpc) is 3.08. The first-order valence-corrected chi connectivity index (χ1v) is 16.9. The van der Waals surface area contributed by atoms with Gasteiger partial charge in [-0.2, -0.15) is 0 Å². The maximum Gasteiger partial charge on any atom is 0.407 e. The Bertz CT molecular complexity index is 1550. The Morgan fingerprint density at radius 3 is 2.26 bits per heavy atom. The zero-order valence-electron chi connectivity index (χ0n) is 26.1. The van der Waals surface area contributed by atoms with Gasteiger partial charge in [0, 0.05) is 40.4 Å². The van der Waals surface area contributed by atoms with Crippen molar-refractivity contribution in [3.05, 3.63) is 130 Å². The first kappa shape index (κ1) is 33.5. The standard InChI is InChI=1S/C37H40ClN3O4S/c1-25-21-29(38)18-20-33(25)46-24-31-23-39-22-30(45-31)19-17-26-11-9-10-16-32(26)40-36(42)35(41-37(43)44-2)34(27-12-5-3-6-13-27)28-14-7-4-8-15-28/h3-16,18,20-21,30-31,34-35,39H,17,19,22-24H2,1-2H3,(H,40,42)(H,41,43)/t30-,31?,35+/m1/s1. The number of benzene rings is 4. The predicted octanol–water partition coefficient (Wildman–Crippen LogP) is 7.23. The summed E-state index contributed by atoms with van der Waals surface area (Å²) in [7, 11) is 1.30. The number of nitrogens with one attached hydrogen (secondary N) is 3. The molecular formula is C37H40ClN3O4S. The topological polar surface area (TPSA) is 88.7 Å². The van der Waals surface area contributed by atoms with E-state index >= 15 is 0 Å². The Labute approximate surface area is 280 Å². The number of methoxy groups -OCH3 is 1. The molecule has 0 radical (unpaired) electrons. The molecule has 7 nitrogen and oxygen atoms in total. The van der Waals surface area contributed by atoms with Crippen molar-refractivity contribution in [1.82, 2.24) is 10.6 Å².